The largest absolute Gasteiger partial charge is 0.360 e. The third-order valence-electron chi connectivity index (χ3n) is 1.38. The first-order valence-corrected chi connectivity index (χ1v) is 6.26. The van der Waals surface area contributed by atoms with Gasteiger partial charge in [-0.05, 0) is 13.3 Å². The van der Waals surface area contributed by atoms with Crippen LogP contribution in [-0.4, -0.2) is 22.5 Å². The van der Waals surface area contributed by atoms with Crippen LogP contribution < -0.4 is 5.32 Å². The van der Waals surface area contributed by atoms with Gasteiger partial charge in [0.1, 0.15) is 0 Å². The number of hydrogen-bond donors (Lipinski definition) is 1. The average Bonchev–Trinajstić information content (AvgIpc) is 2.63. The van der Waals surface area contributed by atoms with Crippen LogP contribution in [0.4, 0.5) is 5.13 Å². The molecule has 0 aliphatic heterocycles. The van der Waals surface area contributed by atoms with Crippen molar-refractivity contribution in [3.8, 4) is 11.8 Å². The number of nitrogens with one attached hydrogen (secondary N) is 1. The molecular weight excluding hydrogens is 214 g/mol. The van der Waals surface area contributed by atoms with E-state index in [1.54, 1.807) is 23.1 Å². The molecule has 0 radical (unpaired) electrons. The molecule has 0 fully saturated rings. The van der Waals surface area contributed by atoms with Gasteiger partial charge in [0.25, 0.3) is 0 Å². The van der Waals surface area contributed by atoms with E-state index in [0.29, 0.717) is 0 Å². The molecule has 5 heteroatoms. The first kappa shape index (κ1) is 11.3. The normalized spacial score (nSPS) is 9.29. The van der Waals surface area contributed by atoms with Crippen molar-refractivity contribution >= 4 is 28.2 Å². The van der Waals surface area contributed by atoms with Gasteiger partial charge in [0.2, 0.25) is 5.13 Å². The Morgan fingerprint density at radius 2 is 2.36 bits per heavy atom. The number of aromatic nitrogens is 2. The summed E-state index contributed by atoms with van der Waals surface area (Å²) in [5.74, 6) is 6.62. The summed E-state index contributed by atoms with van der Waals surface area (Å²) in [5.41, 5.74) is 0. The van der Waals surface area contributed by atoms with Gasteiger partial charge in [-0.1, -0.05) is 35.9 Å². The van der Waals surface area contributed by atoms with Crippen LogP contribution in [0.3, 0.4) is 0 Å². The Kier molecular flexibility index (Phi) is 5.42. The molecule has 1 aromatic rings. The van der Waals surface area contributed by atoms with E-state index in [2.05, 4.69) is 34.3 Å². The Balaban J connectivity index is 2.37. The van der Waals surface area contributed by atoms with E-state index >= 15 is 0 Å². The van der Waals surface area contributed by atoms with Crippen LogP contribution in [0.2, 0.25) is 0 Å². The molecule has 0 aromatic carbocycles. The minimum absolute atomic E-state index is 0.791. The molecule has 1 aromatic heterocycles. The maximum atomic E-state index is 4.04. The van der Waals surface area contributed by atoms with Gasteiger partial charge in [-0.2, -0.15) is 0 Å². The van der Waals surface area contributed by atoms with E-state index in [1.165, 1.54) is 0 Å². The maximum absolute atomic E-state index is 4.04. The Bertz CT molecular complexity index is 324. The molecule has 0 spiro atoms. The van der Waals surface area contributed by atoms with Crippen molar-refractivity contribution in [2.24, 2.45) is 0 Å². The zero-order valence-electron chi connectivity index (χ0n) is 8.33. The van der Waals surface area contributed by atoms with Gasteiger partial charge < -0.3 is 5.32 Å². The zero-order chi connectivity index (χ0) is 10.2. The molecule has 1 heterocycles. The van der Waals surface area contributed by atoms with E-state index in [-0.39, 0.29) is 0 Å². The molecular formula is C9H13N3S2. The molecule has 0 aliphatic carbocycles. The molecule has 1 rings (SSSR count). The third-order valence-corrected chi connectivity index (χ3v) is 3.27. The summed E-state index contributed by atoms with van der Waals surface area (Å²) in [6.07, 6.45) is 1.10. The van der Waals surface area contributed by atoms with Crippen LogP contribution >= 0.6 is 23.1 Å². The van der Waals surface area contributed by atoms with Crippen molar-refractivity contribution in [2.45, 2.75) is 24.6 Å². The van der Waals surface area contributed by atoms with Crippen LogP contribution in [-0.2, 0) is 0 Å². The monoisotopic (exact) mass is 227 g/mol. The molecule has 0 unspecified atom stereocenters. The standard InChI is InChI=1S/C9H13N3S2/c1-3-5-7-13-9-12-11-8(14-9)10-6-4-2/h4,6-7H2,1-2H3,(H,10,11). The highest BCUT2D eigenvalue weighted by Gasteiger charge is 2.02. The molecule has 0 saturated carbocycles. The Morgan fingerprint density at radius 1 is 1.50 bits per heavy atom. The smallest absolute Gasteiger partial charge is 0.206 e. The highest BCUT2D eigenvalue weighted by atomic mass is 32.2. The summed E-state index contributed by atoms with van der Waals surface area (Å²) in [6.45, 7) is 4.92. The molecule has 0 saturated heterocycles. The fraction of sp³-hybridized carbons (Fsp3) is 0.556. The summed E-state index contributed by atoms with van der Waals surface area (Å²) >= 11 is 3.22. The number of hydrogen-bond acceptors (Lipinski definition) is 5. The lowest BCUT2D eigenvalue weighted by Crippen LogP contribution is -1.98. The highest BCUT2D eigenvalue weighted by Crippen LogP contribution is 2.24. The van der Waals surface area contributed by atoms with Gasteiger partial charge in [-0.15, -0.1) is 16.1 Å². The van der Waals surface area contributed by atoms with Gasteiger partial charge in [-0.3, -0.25) is 0 Å². The number of anilines is 1. The van der Waals surface area contributed by atoms with E-state index in [0.717, 1.165) is 28.2 Å². The van der Waals surface area contributed by atoms with Crippen molar-refractivity contribution in [2.75, 3.05) is 17.6 Å². The fourth-order valence-corrected chi connectivity index (χ4v) is 2.33. The van der Waals surface area contributed by atoms with Crippen molar-refractivity contribution in [1.29, 1.82) is 0 Å². The van der Waals surface area contributed by atoms with E-state index < -0.39 is 0 Å². The lowest BCUT2D eigenvalue weighted by atomic mass is 10.5. The lowest BCUT2D eigenvalue weighted by molar-refractivity contribution is 0.951. The fourth-order valence-electron chi connectivity index (χ4n) is 0.741. The molecule has 0 aliphatic rings. The van der Waals surface area contributed by atoms with Crippen molar-refractivity contribution < 1.29 is 0 Å². The number of nitrogens with zero attached hydrogens (tertiary/aromatic N) is 2. The van der Waals surface area contributed by atoms with Gasteiger partial charge in [0, 0.05) is 6.54 Å². The summed E-state index contributed by atoms with van der Waals surface area (Å²) in [5, 5.41) is 12.2. The molecule has 0 bridgehead atoms. The molecule has 1 N–H and O–H groups in total. The van der Waals surface area contributed by atoms with E-state index in [1.807, 2.05) is 6.92 Å². The Labute approximate surface area is 92.7 Å². The average molecular weight is 227 g/mol. The molecule has 3 nitrogen and oxygen atoms in total. The summed E-state index contributed by atoms with van der Waals surface area (Å²) in [4.78, 5) is 0. The SMILES string of the molecule is CC#CCSc1nnc(NCCC)s1. The van der Waals surface area contributed by atoms with Crippen molar-refractivity contribution in [1.82, 2.24) is 10.2 Å². The van der Waals surface area contributed by atoms with E-state index in [9.17, 15) is 0 Å². The lowest BCUT2D eigenvalue weighted by Gasteiger charge is -1.94. The van der Waals surface area contributed by atoms with Gasteiger partial charge in [0.05, 0.1) is 5.75 Å². The van der Waals surface area contributed by atoms with Gasteiger partial charge in [-0.25, -0.2) is 0 Å². The predicted molar refractivity (Wildman–Crippen MR) is 62.9 cm³/mol. The first-order valence-electron chi connectivity index (χ1n) is 4.46. The molecule has 0 amide bonds. The number of rotatable bonds is 5. The summed E-state index contributed by atoms with van der Waals surface area (Å²) in [6, 6.07) is 0. The highest BCUT2D eigenvalue weighted by molar-refractivity contribution is 8.01. The maximum Gasteiger partial charge on any atom is 0.206 e. The van der Waals surface area contributed by atoms with Crippen molar-refractivity contribution in [3.05, 3.63) is 0 Å². The van der Waals surface area contributed by atoms with Crippen LogP contribution in [0, 0.1) is 11.8 Å². The second-order valence-corrected chi connectivity index (χ2v) is 4.72. The Hall–Kier alpha value is -0.730. The second kappa shape index (κ2) is 6.68. The topological polar surface area (TPSA) is 37.8 Å². The number of thioether (sulfide) groups is 1. The minimum atomic E-state index is 0.791. The quantitative estimate of drug-likeness (QED) is 0.619. The summed E-state index contributed by atoms with van der Waals surface area (Å²) in [7, 11) is 0. The third kappa shape index (κ3) is 3.99. The van der Waals surface area contributed by atoms with Crippen molar-refractivity contribution in [3.63, 3.8) is 0 Å². The second-order valence-electron chi connectivity index (χ2n) is 2.52. The Morgan fingerprint density at radius 3 is 3.07 bits per heavy atom. The predicted octanol–water partition coefficient (Wildman–Crippen LogP) is 2.48. The minimum Gasteiger partial charge on any atom is -0.360 e. The van der Waals surface area contributed by atoms with Crippen LogP contribution in [0.5, 0.6) is 0 Å². The molecule has 0 atom stereocenters. The van der Waals surface area contributed by atoms with Gasteiger partial charge in [0.15, 0.2) is 4.34 Å². The summed E-state index contributed by atoms with van der Waals surface area (Å²) < 4.78 is 0.978. The molecule has 14 heavy (non-hydrogen) atoms. The van der Waals surface area contributed by atoms with Crippen LogP contribution in [0.15, 0.2) is 4.34 Å². The first-order chi connectivity index (χ1) is 6.86. The van der Waals surface area contributed by atoms with Crippen LogP contribution in [0.1, 0.15) is 20.3 Å². The van der Waals surface area contributed by atoms with E-state index in [4.69, 9.17) is 0 Å². The van der Waals surface area contributed by atoms with Gasteiger partial charge >= 0.3 is 0 Å². The zero-order valence-corrected chi connectivity index (χ0v) is 9.97. The molecule has 76 valence electrons. The van der Waals surface area contributed by atoms with Crippen LogP contribution in [0.25, 0.3) is 0 Å².